The summed E-state index contributed by atoms with van der Waals surface area (Å²) in [4.78, 5) is 17.2. The summed E-state index contributed by atoms with van der Waals surface area (Å²) in [5.41, 5.74) is 3.69. The number of halogens is 1. The van der Waals surface area contributed by atoms with Gasteiger partial charge in [-0.1, -0.05) is 6.07 Å². The third-order valence-corrected chi connectivity index (χ3v) is 5.13. The van der Waals surface area contributed by atoms with Crippen LogP contribution < -0.4 is 9.80 Å². The Bertz CT molecular complexity index is 566. The van der Waals surface area contributed by atoms with Crippen molar-refractivity contribution in [3.8, 4) is 0 Å². The second-order valence-electron chi connectivity index (χ2n) is 6.60. The third kappa shape index (κ3) is 3.20. The Morgan fingerprint density at radius 3 is 2.65 bits per heavy atom. The number of hydrogen-bond acceptors (Lipinski definition) is 3. The van der Waals surface area contributed by atoms with E-state index in [0.29, 0.717) is 0 Å². The molecule has 1 aromatic carbocycles. The van der Waals surface area contributed by atoms with Crippen molar-refractivity contribution in [2.75, 3.05) is 36.0 Å². The smallest absolute Gasteiger partial charge is 0.256 e. The zero-order valence-corrected chi connectivity index (χ0v) is 14.3. The molecule has 0 aliphatic carbocycles. The Hall–Kier alpha value is -1.26. The van der Waals surface area contributed by atoms with E-state index in [2.05, 4.69) is 23.1 Å². The first kappa shape index (κ1) is 16.6. The number of rotatable bonds is 2. The molecule has 5 heteroatoms. The number of nitrogens with zero attached hydrogens (tertiary/aromatic N) is 2. The fourth-order valence-electron chi connectivity index (χ4n) is 3.91. The number of aryl methyl sites for hydroxylation is 1. The molecule has 0 spiro atoms. The molecule has 3 aliphatic rings. The molecule has 2 saturated heterocycles. The van der Waals surface area contributed by atoms with Crippen LogP contribution in [0.2, 0.25) is 0 Å². The number of amides is 1. The number of fused-ring (bicyclic) bond motifs is 1. The van der Waals surface area contributed by atoms with Gasteiger partial charge >= 0.3 is 0 Å². The first-order valence-corrected chi connectivity index (χ1v) is 8.64. The molecule has 0 aromatic heterocycles. The zero-order chi connectivity index (χ0) is 14.9. The number of carbonyl (C=O) groups is 1. The van der Waals surface area contributed by atoms with Gasteiger partial charge in [0.05, 0.1) is 0 Å². The minimum absolute atomic E-state index is 0. The molecule has 4 rings (SSSR count). The standard InChI is InChI=1S/C18H24N2O2.ClH/c21-18(17-6-4-12-22-17)20-11-3-5-14-7-8-15(13-16(14)20)19-9-1-2-10-19;/h7-8,13,17H,1-6,9-12H2;1H. The van der Waals surface area contributed by atoms with Gasteiger partial charge in [-0.2, -0.15) is 0 Å². The summed E-state index contributed by atoms with van der Waals surface area (Å²) < 4.78 is 5.61. The Morgan fingerprint density at radius 2 is 1.91 bits per heavy atom. The average Bonchev–Trinajstić information content (AvgIpc) is 3.26. The van der Waals surface area contributed by atoms with Crippen molar-refractivity contribution >= 4 is 29.7 Å². The van der Waals surface area contributed by atoms with Crippen LogP contribution in [-0.4, -0.2) is 38.3 Å². The number of hydrogen-bond donors (Lipinski definition) is 0. The summed E-state index contributed by atoms with van der Waals surface area (Å²) in [5, 5.41) is 0. The van der Waals surface area contributed by atoms with Crippen molar-refractivity contribution < 1.29 is 9.53 Å². The molecule has 1 aromatic rings. The van der Waals surface area contributed by atoms with Crippen molar-refractivity contribution in [3.63, 3.8) is 0 Å². The van der Waals surface area contributed by atoms with E-state index in [9.17, 15) is 4.79 Å². The van der Waals surface area contributed by atoms with Crippen LogP contribution in [0.3, 0.4) is 0 Å². The molecule has 2 fully saturated rings. The highest BCUT2D eigenvalue weighted by Gasteiger charge is 2.31. The second-order valence-corrected chi connectivity index (χ2v) is 6.60. The molecule has 1 unspecified atom stereocenters. The molecular weight excluding hydrogens is 312 g/mol. The minimum atomic E-state index is -0.221. The van der Waals surface area contributed by atoms with Crippen LogP contribution >= 0.6 is 12.4 Å². The second kappa shape index (κ2) is 7.10. The van der Waals surface area contributed by atoms with Crippen LogP contribution in [0, 0.1) is 0 Å². The third-order valence-electron chi connectivity index (χ3n) is 5.13. The van der Waals surface area contributed by atoms with Gasteiger partial charge in [0.15, 0.2) is 0 Å². The normalized spacial score (nSPS) is 23.6. The number of carbonyl (C=O) groups excluding carboxylic acids is 1. The summed E-state index contributed by atoms with van der Waals surface area (Å²) in [5.74, 6) is 0.164. The summed E-state index contributed by atoms with van der Waals surface area (Å²) in [7, 11) is 0. The van der Waals surface area contributed by atoms with Crippen LogP contribution in [0.4, 0.5) is 11.4 Å². The highest BCUT2D eigenvalue weighted by Crippen LogP contribution is 2.33. The van der Waals surface area contributed by atoms with Crippen LogP contribution in [0.25, 0.3) is 0 Å². The van der Waals surface area contributed by atoms with E-state index in [1.54, 1.807) is 0 Å². The van der Waals surface area contributed by atoms with Crippen molar-refractivity contribution in [1.82, 2.24) is 0 Å². The van der Waals surface area contributed by atoms with E-state index in [-0.39, 0.29) is 24.4 Å². The van der Waals surface area contributed by atoms with E-state index in [0.717, 1.165) is 57.6 Å². The molecule has 0 saturated carbocycles. The molecule has 0 radical (unpaired) electrons. The molecule has 3 heterocycles. The van der Waals surface area contributed by atoms with Gasteiger partial charge in [-0.05, 0) is 56.2 Å². The van der Waals surface area contributed by atoms with Crippen LogP contribution in [0.15, 0.2) is 18.2 Å². The Balaban J connectivity index is 0.00000156. The fourth-order valence-corrected chi connectivity index (χ4v) is 3.91. The number of anilines is 2. The predicted octanol–water partition coefficient (Wildman–Crippen LogP) is 3.17. The lowest BCUT2D eigenvalue weighted by atomic mass is 10.00. The van der Waals surface area contributed by atoms with Crippen molar-refractivity contribution in [1.29, 1.82) is 0 Å². The lowest BCUT2D eigenvalue weighted by Gasteiger charge is -2.32. The molecule has 1 atom stereocenters. The molecule has 4 nitrogen and oxygen atoms in total. The summed E-state index contributed by atoms with van der Waals surface area (Å²) in [6.07, 6.45) is 6.33. The average molecular weight is 337 g/mol. The Labute approximate surface area is 144 Å². The monoisotopic (exact) mass is 336 g/mol. The van der Waals surface area contributed by atoms with Gasteiger partial charge in [0, 0.05) is 37.6 Å². The first-order chi connectivity index (χ1) is 10.8. The maximum absolute atomic E-state index is 12.8. The maximum atomic E-state index is 12.8. The van der Waals surface area contributed by atoms with Crippen molar-refractivity contribution in [2.24, 2.45) is 0 Å². The van der Waals surface area contributed by atoms with Gasteiger partial charge in [0.2, 0.25) is 0 Å². The van der Waals surface area contributed by atoms with E-state index >= 15 is 0 Å². The summed E-state index contributed by atoms with van der Waals surface area (Å²) in [6.45, 7) is 3.83. The summed E-state index contributed by atoms with van der Waals surface area (Å²) >= 11 is 0. The van der Waals surface area contributed by atoms with Gasteiger partial charge in [-0.3, -0.25) is 4.79 Å². The number of benzene rings is 1. The van der Waals surface area contributed by atoms with Crippen LogP contribution in [0.1, 0.15) is 37.7 Å². The van der Waals surface area contributed by atoms with Crippen molar-refractivity contribution in [2.45, 2.75) is 44.6 Å². The van der Waals surface area contributed by atoms with Gasteiger partial charge < -0.3 is 14.5 Å². The number of ether oxygens (including phenoxy) is 1. The van der Waals surface area contributed by atoms with Gasteiger partial charge in [-0.15, -0.1) is 12.4 Å². The first-order valence-electron chi connectivity index (χ1n) is 8.64. The summed E-state index contributed by atoms with van der Waals surface area (Å²) in [6, 6.07) is 6.68. The topological polar surface area (TPSA) is 32.8 Å². The van der Waals surface area contributed by atoms with E-state index in [1.807, 2.05) is 4.90 Å². The molecule has 126 valence electrons. The maximum Gasteiger partial charge on any atom is 0.256 e. The lowest BCUT2D eigenvalue weighted by molar-refractivity contribution is -0.127. The zero-order valence-electron chi connectivity index (χ0n) is 13.5. The molecule has 23 heavy (non-hydrogen) atoms. The van der Waals surface area contributed by atoms with Gasteiger partial charge in [-0.25, -0.2) is 0 Å². The van der Waals surface area contributed by atoms with Gasteiger partial charge in [0.25, 0.3) is 5.91 Å². The Kier molecular flexibility index (Phi) is 5.12. The van der Waals surface area contributed by atoms with Crippen LogP contribution in [0.5, 0.6) is 0 Å². The SMILES string of the molecule is Cl.O=C(C1CCCO1)N1CCCc2ccc(N3CCCC3)cc21. The highest BCUT2D eigenvalue weighted by atomic mass is 35.5. The largest absolute Gasteiger partial charge is 0.371 e. The Morgan fingerprint density at radius 1 is 1.09 bits per heavy atom. The highest BCUT2D eigenvalue weighted by molar-refractivity contribution is 5.98. The fraction of sp³-hybridized carbons (Fsp3) is 0.611. The molecule has 3 aliphatic heterocycles. The van der Waals surface area contributed by atoms with Crippen molar-refractivity contribution in [3.05, 3.63) is 23.8 Å². The quantitative estimate of drug-likeness (QED) is 0.831. The minimum Gasteiger partial charge on any atom is -0.371 e. The molecule has 1 amide bonds. The van der Waals surface area contributed by atoms with Gasteiger partial charge in [0.1, 0.15) is 6.10 Å². The van der Waals surface area contributed by atoms with Crippen LogP contribution in [-0.2, 0) is 16.0 Å². The molecule has 0 bridgehead atoms. The van der Waals surface area contributed by atoms with E-state index in [4.69, 9.17) is 4.74 Å². The lowest BCUT2D eigenvalue weighted by Crippen LogP contribution is -2.42. The molecular formula is C18H25ClN2O2. The predicted molar refractivity (Wildman–Crippen MR) is 94.8 cm³/mol. The van der Waals surface area contributed by atoms with E-state index in [1.165, 1.54) is 24.1 Å². The van der Waals surface area contributed by atoms with E-state index < -0.39 is 0 Å². The molecule has 0 N–H and O–H groups in total.